The number of nitrogens with zero attached hydrogens (tertiary/aromatic N) is 2. The highest BCUT2D eigenvalue weighted by Crippen LogP contribution is 2.15. The van der Waals surface area contributed by atoms with Gasteiger partial charge in [0.05, 0.1) is 18.3 Å². The van der Waals surface area contributed by atoms with Crippen molar-refractivity contribution in [2.24, 2.45) is 4.99 Å². The number of hydrogen-bond donors (Lipinski definition) is 0. The summed E-state index contributed by atoms with van der Waals surface area (Å²) in [7, 11) is 0. The molecule has 2 heterocycles. The number of para-hydroxylation sites is 1. The topological polar surface area (TPSA) is 26.5 Å². The van der Waals surface area contributed by atoms with Gasteiger partial charge in [-0.15, -0.1) is 11.3 Å². The molecule has 0 bridgehead atoms. The Morgan fingerprint density at radius 2 is 2.21 bits per heavy atom. The number of aromatic nitrogens is 1. The van der Waals surface area contributed by atoms with Crippen molar-refractivity contribution >= 4 is 17.0 Å². The maximum absolute atomic E-state index is 5.73. The van der Waals surface area contributed by atoms with Crippen molar-refractivity contribution in [2.45, 2.75) is 32.4 Å². The minimum atomic E-state index is 0.350. The van der Waals surface area contributed by atoms with E-state index >= 15 is 0 Å². The third-order valence-corrected chi connectivity index (χ3v) is 4.36. The molecule has 4 heteroatoms. The molecule has 1 aliphatic rings. The van der Waals surface area contributed by atoms with Gasteiger partial charge in [0.2, 0.25) is 0 Å². The van der Waals surface area contributed by atoms with E-state index < -0.39 is 0 Å². The van der Waals surface area contributed by atoms with Crippen LogP contribution in [-0.2, 0) is 11.3 Å². The molecule has 1 fully saturated rings. The van der Waals surface area contributed by atoms with Crippen LogP contribution in [0, 0.1) is 6.92 Å². The second-order valence-electron chi connectivity index (χ2n) is 4.85. The third kappa shape index (κ3) is 2.96. The highest BCUT2D eigenvalue weighted by Gasteiger charge is 2.17. The van der Waals surface area contributed by atoms with E-state index in [1.54, 1.807) is 11.3 Å². The smallest absolute Gasteiger partial charge is 0.190 e. The van der Waals surface area contributed by atoms with Gasteiger partial charge in [-0.1, -0.05) is 18.2 Å². The van der Waals surface area contributed by atoms with E-state index in [0.29, 0.717) is 6.10 Å². The average Bonchev–Trinajstić information content (AvgIpc) is 3.05. The summed E-state index contributed by atoms with van der Waals surface area (Å²) in [5.41, 5.74) is 2.26. The summed E-state index contributed by atoms with van der Waals surface area (Å²) in [4.78, 5) is 5.78. The number of aryl methyl sites for hydroxylation is 1. The summed E-state index contributed by atoms with van der Waals surface area (Å²) in [6.45, 7) is 3.95. The number of hydrogen-bond acceptors (Lipinski definition) is 3. The minimum Gasteiger partial charge on any atom is -0.376 e. The lowest BCUT2D eigenvalue weighted by Gasteiger charge is -2.12. The monoisotopic (exact) mass is 274 g/mol. The fraction of sp³-hybridized carbons (Fsp3) is 0.400. The maximum atomic E-state index is 5.73. The SMILES string of the molecule is Cc1csc(=Nc2ccccc2)n1C[C@H]1CCCO1. The molecule has 0 unspecified atom stereocenters. The van der Waals surface area contributed by atoms with Crippen LogP contribution in [0.25, 0.3) is 0 Å². The number of rotatable bonds is 3. The quantitative estimate of drug-likeness (QED) is 0.843. The standard InChI is InChI=1S/C15H18N2OS/c1-12-11-19-15(16-13-6-3-2-4-7-13)17(12)10-14-8-5-9-18-14/h2-4,6-7,11,14H,5,8-10H2,1H3/t14-/m1/s1. The first kappa shape index (κ1) is 12.6. The summed E-state index contributed by atoms with van der Waals surface area (Å²) < 4.78 is 8.00. The van der Waals surface area contributed by atoms with Crippen LogP contribution < -0.4 is 4.80 Å². The Bertz CT molecular complexity index is 594. The molecule has 0 aliphatic carbocycles. The molecular weight excluding hydrogens is 256 g/mol. The van der Waals surface area contributed by atoms with Gasteiger partial charge in [-0.25, -0.2) is 4.99 Å². The molecule has 0 spiro atoms. The second kappa shape index (κ2) is 5.72. The number of ether oxygens (including phenoxy) is 1. The molecule has 1 aromatic heterocycles. The first-order valence-corrected chi connectivity index (χ1v) is 7.57. The predicted octanol–water partition coefficient (Wildman–Crippen LogP) is 3.27. The zero-order chi connectivity index (χ0) is 13.1. The number of benzene rings is 1. The molecule has 0 saturated carbocycles. The summed E-state index contributed by atoms with van der Waals surface area (Å²) in [5.74, 6) is 0. The Labute approximate surface area is 117 Å². The van der Waals surface area contributed by atoms with Gasteiger partial charge >= 0.3 is 0 Å². The van der Waals surface area contributed by atoms with E-state index in [1.165, 1.54) is 12.1 Å². The Kier molecular flexibility index (Phi) is 3.80. The lowest BCUT2D eigenvalue weighted by Crippen LogP contribution is -2.24. The fourth-order valence-corrected chi connectivity index (χ4v) is 3.24. The molecule has 1 atom stereocenters. The molecule has 1 aromatic carbocycles. The van der Waals surface area contributed by atoms with Crippen LogP contribution in [0.1, 0.15) is 18.5 Å². The van der Waals surface area contributed by atoms with Gasteiger partial charge < -0.3 is 9.30 Å². The van der Waals surface area contributed by atoms with E-state index in [1.807, 2.05) is 30.3 Å². The Morgan fingerprint density at radius 1 is 1.37 bits per heavy atom. The van der Waals surface area contributed by atoms with Crippen LogP contribution >= 0.6 is 11.3 Å². The summed E-state index contributed by atoms with van der Waals surface area (Å²) in [6.07, 6.45) is 2.69. The highest BCUT2D eigenvalue weighted by molar-refractivity contribution is 7.07. The van der Waals surface area contributed by atoms with Crippen molar-refractivity contribution in [3.63, 3.8) is 0 Å². The van der Waals surface area contributed by atoms with Crippen LogP contribution in [-0.4, -0.2) is 17.3 Å². The predicted molar refractivity (Wildman–Crippen MR) is 77.7 cm³/mol. The molecule has 0 amide bonds. The third-order valence-electron chi connectivity index (χ3n) is 3.38. The van der Waals surface area contributed by atoms with E-state index in [2.05, 4.69) is 16.9 Å². The van der Waals surface area contributed by atoms with Crippen molar-refractivity contribution in [3.05, 3.63) is 46.2 Å². The average molecular weight is 274 g/mol. The summed E-state index contributed by atoms with van der Waals surface area (Å²) in [5, 5.41) is 2.16. The summed E-state index contributed by atoms with van der Waals surface area (Å²) >= 11 is 1.70. The molecular formula is C15H18N2OS. The van der Waals surface area contributed by atoms with Crippen LogP contribution in [0.15, 0.2) is 40.7 Å². The van der Waals surface area contributed by atoms with E-state index in [-0.39, 0.29) is 0 Å². The van der Waals surface area contributed by atoms with Crippen LogP contribution in [0.5, 0.6) is 0 Å². The normalized spacial score (nSPS) is 20.1. The zero-order valence-electron chi connectivity index (χ0n) is 11.1. The molecule has 3 rings (SSSR count). The van der Waals surface area contributed by atoms with Gasteiger partial charge in [0.25, 0.3) is 0 Å². The van der Waals surface area contributed by atoms with Crippen LogP contribution in [0.4, 0.5) is 5.69 Å². The minimum absolute atomic E-state index is 0.350. The molecule has 19 heavy (non-hydrogen) atoms. The lowest BCUT2D eigenvalue weighted by molar-refractivity contribution is 0.0959. The van der Waals surface area contributed by atoms with Gasteiger partial charge in [-0.05, 0) is 31.9 Å². The molecule has 0 N–H and O–H groups in total. The second-order valence-corrected chi connectivity index (χ2v) is 5.69. The van der Waals surface area contributed by atoms with Crippen molar-refractivity contribution in [1.82, 2.24) is 4.57 Å². The molecule has 1 saturated heterocycles. The molecule has 0 radical (unpaired) electrons. The Hall–Kier alpha value is -1.39. The fourth-order valence-electron chi connectivity index (χ4n) is 2.33. The van der Waals surface area contributed by atoms with Crippen molar-refractivity contribution in [1.29, 1.82) is 0 Å². The van der Waals surface area contributed by atoms with Gasteiger partial charge in [0.1, 0.15) is 0 Å². The maximum Gasteiger partial charge on any atom is 0.190 e. The zero-order valence-corrected chi connectivity index (χ0v) is 11.9. The Morgan fingerprint density at radius 3 is 2.95 bits per heavy atom. The molecule has 100 valence electrons. The van der Waals surface area contributed by atoms with Crippen LogP contribution in [0.3, 0.4) is 0 Å². The highest BCUT2D eigenvalue weighted by atomic mass is 32.1. The first-order valence-electron chi connectivity index (χ1n) is 6.69. The van der Waals surface area contributed by atoms with Gasteiger partial charge in [0, 0.05) is 17.7 Å². The van der Waals surface area contributed by atoms with E-state index in [9.17, 15) is 0 Å². The van der Waals surface area contributed by atoms with Gasteiger partial charge in [-0.2, -0.15) is 0 Å². The lowest BCUT2D eigenvalue weighted by atomic mass is 10.2. The first-order chi connectivity index (χ1) is 9.33. The molecule has 2 aromatic rings. The number of thiazole rings is 1. The molecule has 1 aliphatic heterocycles. The largest absolute Gasteiger partial charge is 0.376 e. The molecule has 3 nitrogen and oxygen atoms in total. The Balaban J connectivity index is 1.91. The van der Waals surface area contributed by atoms with Crippen molar-refractivity contribution in [3.8, 4) is 0 Å². The van der Waals surface area contributed by atoms with Crippen molar-refractivity contribution < 1.29 is 4.74 Å². The summed E-state index contributed by atoms with van der Waals surface area (Å²) in [6, 6.07) is 10.1. The van der Waals surface area contributed by atoms with E-state index in [0.717, 1.165) is 30.1 Å². The van der Waals surface area contributed by atoms with E-state index in [4.69, 9.17) is 9.73 Å². The van der Waals surface area contributed by atoms with Crippen molar-refractivity contribution in [2.75, 3.05) is 6.61 Å². The van der Waals surface area contributed by atoms with Gasteiger partial charge in [0.15, 0.2) is 4.80 Å². The van der Waals surface area contributed by atoms with Gasteiger partial charge in [-0.3, -0.25) is 0 Å². The van der Waals surface area contributed by atoms with Crippen LogP contribution in [0.2, 0.25) is 0 Å².